The van der Waals surface area contributed by atoms with Crippen LogP contribution >= 0.6 is 0 Å². The number of nitrogens with zero attached hydrogens (tertiary/aromatic N) is 1. The van der Waals surface area contributed by atoms with Gasteiger partial charge in [0, 0.05) is 30.8 Å². The van der Waals surface area contributed by atoms with E-state index in [1.54, 1.807) is 7.11 Å². The number of rotatable bonds is 6. The zero-order chi connectivity index (χ0) is 13.0. The van der Waals surface area contributed by atoms with Gasteiger partial charge in [-0.05, 0) is 37.1 Å². The Balaban J connectivity index is 2.46. The predicted molar refractivity (Wildman–Crippen MR) is 73.0 cm³/mol. The molecule has 3 N–H and O–H groups in total. The van der Waals surface area contributed by atoms with Crippen LogP contribution in [0.25, 0.3) is 10.9 Å². The SMILES string of the molecule is COc1ccc2c(CCN)cn(CCCO)c2c1. The molecule has 0 aliphatic rings. The van der Waals surface area contributed by atoms with Crippen molar-refractivity contribution in [2.24, 2.45) is 5.73 Å². The molecule has 0 aliphatic carbocycles. The zero-order valence-electron chi connectivity index (χ0n) is 10.7. The maximum absolute atomic E-state index is 8.95. The van der Waals surface area contributed by atoms with Crippen molar-refractivity contribution in [3.05, 3.63) is 30.0 Å². The lowest BCUT2D eigenvalue weighted by Crippen LogP contribution is -2.02. The van der Waals surface area contributed by atoms with Crippen molar-refractivity contribution in [1.82, 2.24) is 4.57 Å². The molecule has 18 heavy (non-hydrogen) atoms. The van der Waals surface area contributed by atoms with Crippen LogP contribution in [0.2, 0.25) is 0 Å². The van der Waals surface area contributed by atoms with Crippen molar-refractivity contribution in [2.75, 3.05) is 20.3 Å². The van der Waals surface area contributed by atoms with Crippen LogP contribution in [0.4, 0.5) is 0 Å². The highest BCUT2D eigenvalue weighted by Crippen LogP contribution is 2.26. The van der Waals surface area contributed by atoms with Gasteiger partial charge in [-0.15, -0.1) is 0 Å². The Morgan fingerprint density at radius 2 is 2.22 bits per heavy atom. The van der Waals surface area contributed by atoms with Gasteiger partial charge in [-0.25, -0.2) is 0 Å². The number of benzene rings is 1. The molecule has 1 aromatic carbocycles. The van der Waals surface area contributed by atoms with Crippen LogP contribution < -0.4 is 10.5 Å². The van der Waals surface area contributed by atoms with Crippen molar-refractivity contribution in [3.8, 4) is 5.75 Å². The lowest BCUT2D eigenvalue weighted by atomic mass is 10.1. The lowest BCUT2D eigenvalue weighted by Gasteiger charge is -2.05. The van der Waals surface area contributed by atoms with Crippen molar-refractivity contribution < 1.29 is 9.84 Å². The first-order chi connectivity index (χ1) is 8.80. The number of aliphatic hydroxyl groups is 1. The molecular weight excluding hydrogens is 228 g/mol. The molecular formula is C14H20N2O2. The molecule has 0 bridgehead atoms. The summed E-state index contributed by atoms with van der Waals surface area (Å²) in [6.45, 7) is 1.66. The summed E-state index contributed by atoms with van der Waals surface area (Å²) >= 11 is 0. The summed E-state index contributed by atoms with van der Waals surface area (Å²) in [7, 11) is 1.67. The Kier molecular flexibility index (Phi) is 4.23. The minimum Gasteiger partial charge on any atom is -0.497 e. The molecule has 1 aromatic heterocycles. The molecule has 0 spiro atoms. The van der Waals surface area contributed by atoms with Crippen LogP contribution in [-0.4, -0.2) is 29.9 Å². The number of hydrogen-bond acceptors (Lipinski definition) is 3. The number of aromatic nitrogens is 1. The van der Waals surface area contributed by atoms with Crippen LogP contribution in [0.1, 0.15) is 12.0 Å². The Morgan fingerprint density at radius 3 is 2.89 bits per heavy atom. The molecule has 2 aromatic rings. The van der Waals surface area contributed by atoms with Crippen LogP contribution in [0.15, 0.2) is 24.4 Å². The first kappa shape index (κ1) is 12.9. The number of methoxy groups -OCH3 is 1. The average Bonchev–Trinajstić information content (AvgIpc) is 2.74. The summed E-state index contributed by atoms with van der Waals surface area (Å²) in [5, 5.41) is 10.2. The highest BCUT2D eigenvalue weighted by molar-refractivity contribution is 5.85. The second kappa shape index (κ2) is 5.89. The third kappa shape index (κ3) is 2.49. The predicted octanol–water partition coefficient (Wildman–Crippen LogP) is 1.53. The number of aryl methyl sites for hydroxylation is 1. The Morgan fingerprint density at radius 1 is 1.39 bits per heavy atom. The van der Waals surface area contributed by atoms with Crippen molar-refractivity contribution in [1.29, 1.82) is 0 Å². The Labute approximate surface area is 107 Å². The first-order valence-corrected chi connectivity index (χ1v) is 6.27. The largest absolute Gasteiger partial charge is 0.497 e. The standard InChI is InChI=1S/C14H20N2O2/c1-18-12-3-4-13-11(5-6-15)10-16(7-2-8-17)14(13)9-12/h3-4,9-10,17H,2,5-8,15H2,1H3. The smallest absolute Gasteiger partial charge is 0.120 e. The van der Waals surface area contributed by atoms with E-state index in [1.165, 1.54) is 10.9 Å². The van der Waals surface area contributed by atoms with E-state index < -0.39 is 0 Å². The molecule has 0 radical (unpaired) electrons. The van der Waals surface area contributed by atoms with Gasteiger partial charge < -0.3 is 20.1 Å². The topological polar surface area (TPSA) is 60.4 Å². The minimum atomic E-state index is 0.204. The molecule has 1 heterocycles. The van der Waals surface area contributed by atoms with Crippen molar-refractivity contribution >= 4 is 10.9 Å². The van der Waals surface area contributed by atoms with E-state index in [9.17, 15) is 0 Å². The summed E-state index contributed by atoms with van der Waals surface area (Å²) in [5.41, 5.74) is 8.05. The van der Waals surface area contributed by atoms with Gasteiger partial charge in [0.2, 0.25) is 0 Å². The quantitative estimate of drug-likeness (QED) is 0.815. The number of ether oxygens (including phenoxy) is 1. The van der Waals surface area contributed by atoms with Gasteiger partial charge in [0.05, 0.1) is 12.6 Å². The summed E-state index contributed by atoms with van der Waals surface area (Å²) in [6.07, 6.45) is 3.75. The van der Waals surface area contributed by atoms with Gasteiger partial charge >= 0.3 is 0 Å². The molecule has 0 unspecified atom stereocenters. The minimum absolute atomic E-state index is 0.204. The molecule has 98 valence electrons. The highest BCUT2D eigenvalue weighted by atomic mass is 16.5. The number of nitrogens with two attached hydrogens (primary N) is 1. The highest BCUT2D eigenvalue weighted by Gasteiger charge is 2.08. The fourth-order valence-corrected chi connectivity index (χ4v) is 2.26. The van der Waals surface area contributed by atoms with Gasteiger partial charge in [0.25, 0.3) is 0 Å². The Bertz CT molecular complexity index is 520. The van der Waals surface area contributed by atoms with Crippen LogP contribution in [0.3, 0.4) is 0 Å². The first-order valence-electron chi connectivity index (χ1n) is 6.27. The summed E-state index contributed by atoms with van der Waals surface area (Å²) in [4.78, 5) is 0. The number of hydrogen-bond donors (Lipinski definition) is 2. The maximum atomic E-state index is 8.95. The summed E-state index contributed by atoms with van der Waals surface area (Å²) in [5.74, 6) is 0.852. The van der Waals surface area contributed by atoms with Gasteiger partial charge in [-0.3, -0.25) is 0 Å². The van der Waals surface area contributed by atoms with Crippen LogP contribution in [0, 0.1) is 0 Å². The van der Waals surface area contributed by atoms with E-state index in [2.05, 4.69) is 16.8 Å². The van der Waals surface area contributed by atoms with E-state index in [0.29, 0.717) is 6.54 Å². The summed E-state index contributed by atoms with van der Waals surface area (Å²) < 4.78 is 7.43. The molecule has 0 saturated carbocycles. The molecule has 0 saturated heterocycles. The average molecular weight is 248 g/mol. The fraction of sp³-hybridized carbons (Fsp3) is 0.429. The van der Waals surface area contributed by atoms with Crippen molar-refractivity contribution in [3.63, 3.8) is 0 Å². The third-order valence-corrected chi connectivity index (χ3v) is 3.14. The van der Waals surface area contributed by atoms with Gasteiger partial charge in [-0.1, -0.05) is 0 Å². The van der Waals surface area contributed by atoms with E-state index in [4.69, 9.17) is 15.6 Å². The van der Waals surface area contributed by atoms with Crippen molar-refractivity contribution in [2.45, 2.75) is 19.4 Å². The third-order valence-electron chi connectivity index (χ3n) is 3.14. The molecule has 4 nitrogen and oxygen atoms in total. The van der Waals surface area contributed by atoms with E-state index in [-0.39, 0.29) is 6.61 Å². The van der Waals surface area contributed by atoms with E-state index in [1.807, 2.05) is 12.1 Å². The molecule has 0 amide bonds. The second-order valence-corrected chi connectivity index (χ2v) is 4.35. The fourth-order valence-electron chi connectivity index (χ4n) is 2.26. The van der Waals surface area contributed by atoms with Gasteiger partial charge in [0.15, 0.2) is 0 Å². The normalized spacial score (nSPS) is 11.1. The van der Waals surface area contributed by atoms with E-state index >= 15 is 0 Å². The maximum Gasteiger partial charge on any atom is 0.120 e. The Hall–Kier alpha value is -1.52. The second-order valence-electron chi connectivity index (χ2n) is 4.35. The van der Waals surface area contributed by atoms with Crippen LogP contribution in [-0.2, 0) is 13.0 Å². The molecule has 0 atom stereocenters. The molecule has 2 rings (SSSR count). The molecule has 0 aliphatic heterocycles. The van der Waals surface area contributed by atoms with Gasteiger partial charge in [0.1, 0.15) is 5.75 Å². The lowest BCUT2D eigenvalue weighted by molar-refractivity contribution is 0.280. The number of aliphatic hydroxyl groups excluding tert-OH is 1. The monoisotopic (exact) mass is 248 g/mol. The zero-order valence-corrected chi connectivity index (χ0v) is 10.7. The number of fused-ring (bicyclic) bond motifs is 1. The summed E-state index contributed by atoms with van der Waals surface area (Å²) in [6, 6.07) is 6.08. The van der Waals surface area contributed by atoms with Gasteiger partial charge in [-0.2, -0.15) is 0 Å². The molecule has 4 heteroatoms. The molecule has 0 fully saturated rings. The van der Waals surface area contributed by atoms with E-state index in [0.717, 1.165) is 30.7 Å². The van der Waals surface area contributed by atoms with Crippen LogP contribution in [0.5, 0.6) is 5.75 Å².